The number of halogens is 1. The van der Waals surface area contributed by atoms with Gasteiger partial charge in [0.25, 0.3) is 0 Å². The molecule has 0 bridgehead atoms. The maximum atomic E-state index is 12.3. The van der Waals surface area contributed by atoms with Crippen molar-refractivity contribution in [3.8, 4) is 17.0 Å². The number of hydrogen-bond acceptors (Lipinski definition) is 4. The predicted molar refractivity (Wildman–Crippen MR) is 142 cm³/mol. The second-order valence-corrected chi connectivity index (χ2v) is 10.8. The number of nitrogens with one attached hydrogen (secondary N) is 1. The summed E-state index contributed by atoms with van der Waals surface area (Å²) >= 11 is 7.02. The number of carbonyl (C=O) groups is 1. The molecule has 1 unspecified atom stereocenters. The molecule has 1 saturated heterocycles. The number of nitrogens with zero attached hydrogens (tertiary/aromatic N) is 1. The van der Waals surface area contributed by atoms with E-state index in [0.29, 0.717) is 17.6 Å². The van der Waals surface area contributed by atoms with Gasteiger partial charge in [-0.15, -0.1) is 0 Å². The number of aromatic nitrogens is 1. The lowest BCUT2D eigenvalue weighted by atomic mass is 9.92. The quantitative estimate of drug-likeness (QED) is 0.357. The number of ether oxygens (including phenoxy) is 3. The normalized spacial score (nSPS) is 19.6. The predicted octanol–water partition coefficient (Wildman–Crippen LogP) is 7.59. The van der Waals surface area contributed by atoms with Crippen molar-refractivity contribution in [2.24, 2.45) is 5.92 Å². The first-order chi connectivity index (χ1) is 17.6. The molecule has 1 atom stereocenters. The summed E-state index contributed by atoms with van der Waals surface area (Å²) in [5.41, 5.74) is 3.88. The number of fused-ring (bicyclic) bond motifs is 1. The van der Waals surface area contributed by atoms with Crippen LogP contribution in [0.25, 0.3) is 22.2 Å². The lowest BCUT2D eigenvalue weighted by Crippen LogP contribution is -2.25. The van der Waals surface area contributed by atoms with E-state index in [-0.39, 0.29) is 12.2 Å². The third-order valence-electron chi connectivity index (χ3n) is 7.81. The van der Waals surface area contributed by atoms with Crippen LogP contribution in [0.4, 0.5) is 10.5 Å². The lowest BCUT2D eigenvalue weighted by molar-refractivity contribution is 0.0256. The van der Waals surface area contributed by atoms with Gasteiger partial charge in [-0.3, -0.25) is 5.32 Å². The van der Waals surface area contributed by atoms with Crippen LogP contribution in [0.5, 0.6) is 5.75 Å². The summed E-state index contributed by atoms with van der Waals surface area (Å²) in [7, 11) is 0. The smallest absolute Gasteiger partial charge is 0.411 e. The molecule has 1 N–H and O–H groups in total. The first-order valence-electron chi connectivity index (χ1n) is 13.2. The van der Waals surface area contributed by atoms with Crippen LogP contribution in [-0.4, -0.2) is 36.1 Å². The molecule has 7 heteroatoms. The molecule has 3 aromatic rings. The Hall–Kier alpha value is -2.70. The molecular formula is C29H33ClN2O4. The van der Waals surface area contributed by atoms with Crippen LogP contribution < -0.4 is 10.1 Å². The van der Waals surface area contributed by atoms with E-state index in [1.165, 1.54) is 6.42 Å². The van der Waals surface area contributed by atoms with Gasteiger partial charge < -0.3 is 18.8 Å². The monoisotopic (exact) mass is 508 g/mol. The van der Waals surface area contributed by atoms with Crippen molar-refractivity contribution in [1.29, 1.82) is 0 Å². The van der Waals surface area contributed by atoms with Gasteiger partial charge in [-0.25, -0.2) is 4.79 Å². The van der Waals surface area contributed by atoms with Gasteiger partial charge in [-0.1, -0.05) is 23.7 Å². The number of hydrogen-bond donors (Lipinski definition) is 1. The highest BCUT2D eigenvalue weighted by Gasteiger charge is 2.31. The Morgan fingerprint density at radius 2 is 1.81 bits per heavy atom. The molecule has 190 valence electrons. The fourth-order valence-corrected chi connectivity index (χ4v) is 5.65. The zero-order valence-electron chi connectivity index (χ0n) is 20.7. The van der Waals surface area contributed by atoms with E-state index >= 15 is 0 Å². The van der Waals surface area contributed by atoms with Crippen LogP contribution in [0.1, 0.15) is 57.9 Å². The van der Waals surface area contributed by atoms with Gasteiger partial charge >= 0.3 is 6.09 Å². The standard InChI is InChI=1S/C29H33ClN2O4/c1-18(19-5-6-19)35-29(33)31-21-9-7-20(8-10-21)28-27(30)25-12-11-24(36-23-13-15-34-16-14-23)17-26(25)32(28)22-3-2-4-22/h7-12,17-19,22-23H,2-6,13-16H2,1H3,(H,31,33). The molecule has 3 fully saturated rings. The minimum atomic E-state index is -0.402. The number of amides is 1. The summed E-state index contributed by atoms with van der Waals surface area (Å²) in [4.78, 5) is 12.3. The molecule has 2 aromatic carbocycles. The number of rotatable bonds is 7. The maximum Gasteiger partial charge on any atom is 0.411 e. The van der Waals surface area contributed by atoms with Crippen molar-refractivity contribution in [3.63, 3.8) is 0 Å². The Bertz CT molecular complexity index is 1240. The Labute approximate surface area is 216 Å². The van der Waals surface area contributed by atoms with Crippen LogP contribution in [0, 0.1) is 5.92 Å². The first-order valence-corrected chi connectivity index (χ1v) is 13.6. The van der Waals surface area contributed by atoms with Gasteiger partial charge in [0.15, 0.2) is 0 Å². The maximum absolute atomic E-state index is 12.3. The van der Waals surface area contributed by atoms with Gasteiger partial charge in [0, 0.05) is 36.0 Å². The molecule has 1 aromatic heterocycles. The molecule has 1 aliphatic heterocycles. The van der Waals surface area contributed by atoms with Gasteiger partial charge in [-0.2, -0.15) is 0 Å². The number of benzene rings is 2. The Morgan fingerprint density at radius 1 is 1.06 bits per heavy atom. The molecule has 1 amide bonds. The second-order valence-electron chi connectivity index (χ2n) is 10.4. The van der Waals surface area contributed by atoms with Crippen LogP contribution in [0.2, 0.25) is 5.02 Å². The zero-order valence-corrected chi connectivity index (χ0v) is 21.4. The van der Waals surface area contributed by atoms with Crippen LogP contribution in [0.3, 0.4) is 0 Å². The highest BCUT2D eigenvalue weighted by molar-refractivity contribution is 6.38. The number of anilines is 1. The van der Waals surface area contributed by atoms with E-state index in [1.54, 1.807) is 0 Å². The van der Waals surface area contributed by atoms with Crippen molar-refractivity contribution >= 4 is 34.3 Å². The van der Waals surface area contributed by atoms with E-state index in [1.807, 2.05) is 37.3 Å². The van der Waals surface area contributed by atoms with Crippen LogP contribution in [0.15, 0.2) is 42.5 Å². The largest absolute Gasteiger partial charge is 0.490 e. The molecule has 6 nitrogen and oxygen atoms in total. The fourth-order valence-electron chi connectivity index (χ4n) is 5.29. The topological polar surface area (TPSA) is 61.7 Å². The van der Waals surface area contributed by atoms with E-state index < -0.39 is 6.09 Å². The van der Waals surface area contributed by atoms with E-state index in [2.05, 4.69) is 22.0 Å². The van der Waals surface area contributed by atoms with E-state index in [9.17, 15) is 4.79 Å². The summed E-state index contributed by atoms with van der Waals surface area (Å²) in [6, 6.07) is 14.5. The Balaban J connectivity index is 1.27. The third-order valence-corrected chi connectivity index (χ3v) is 8.19. The SMILES string of the molecule is CC(OC(=O)Nc1ccc(-c2c(Cl)c3ccc(OC4CCOCC4)cc3n2C2CCC2)cc1)C1CC1. The molecular weight excluding hydrogens is 476 g/mol. The molecule has 2 saturated carbocycles. The lowest BCUT2D eigenvalue weighted by Gasteiger charge is -2.30. The van der Waals surface area contributed by atoms with Gasteiger partial charge in [-0.05, 0) is 74.8 Å². The van der Waals surface area contributed by atoms with Crippen molar-refractivity contribution in [3.05, 3.63) is 47.5 Å². The molecule has 6 rings (SSSR count). The zero-order chi connectivity index (χ0) is 24.6. The molecule has 36 heavy (non-hydrogen) atoms. The van der Waals surface area contributed by atoms with Crippen LogP contribution in [-0.2, 0) is 9.47 Å². The molecule has 0 spiro atoms. The van der Waals surface area contributed by atoms with Gasteiger partial charge in [0.05, 0.1) is 29.4 Å². The summed E-state index contributed by atoms with van der Waals surface area (Å²) in [6.07, 6.45) is 7.38. The fraction of sp³-hybridized carbons (Fsp3) is 0.483. The second kappa shape index (κ2) is 9.98. The summed E-state index contributed by atoms with van der Waals surface area (Å²) in [5, 5.41) is 4.65. The average Bonchev–Trinajstić information content (AvgIpc) is 3.66. The summed E-state index contributed by atoms with van der Waals surface area (Å²) in [5.74, 6) is 1.39. The average molecular weight is 509 g/mol. The molecule has 3 aliphatic rings. The summed E-state index contributed by atoms with van der Waals surface area (Å²) in [6.45, 7) is 3.47. The highest BCUT2D eigenvalue weighted by atomic mass is 35.5. The third kappa shape index (κ3) is 4.81. The number of carbonyl (C=O) groups excluding carboxylic acids is 1. The van der Waals surface area contributed by atoms with E-state index in [0.717, 1.165) is 84.7 Å². The molecule has 2 aliphatic carbocycles. The Morgan fingerprint density at radius 3 is 2.47 bits per heavy atom. The van der Waals surface area contributed by atoms with Gasteiger partial charge in [0.1, 0.15) is 18.0 Å². The molecule has 0 radical (unpaired) electrons. The Kier molecular flexibility index (Phi) is 6.57. The summed E-state index contributed by atoms with van der Waals surface area (Å²) < 4.78 is 19.7. The van der Waals surface area contributed by atoms with Crippen molar-refractivity contribution in [1.82, 2.24) is 4.57 Å². The van der Waals surface area contributed by atoms with E-state index in [4.69, 9.17) is 25.8 Å². The molecule has 2 heterocycles. The van der Waals surface area contributed by atoms with Crippen molar-refractivity contribution in [2.75, 3.05) is 18.5 Å². The highest BCUT2D eigenvalue weighted by Crippen LogP contribution is 2.45. The van der Waals surface area contributed by atoms with Crippen molar-refractivity contribution < 1.29 is 19.0 Å². The minimum Gasteiger partial charge on any atom is -0.490 e. The minimum absolute atomic E-state index is 0.0402. The van der Waals surface area contributed by atoms with Gasteiger partial charge in [0.2, 0.25) is 0 Å². The van der Waals surface area contributed by atoms with Crippen LogP contribution >= 0.6 is 11.6 Å². The van der Waals surface area contributed by atoms with Crippen molar-refractivity contribution in [2.45, 2.75) is 70.1 Å². The first kappa shape index (κ1) is 23.7.